The molecule has 3 heterocycles. The first-order valence-electron chi connectivity index (χ1n) is 11.3. The Morgan fingerprint density at radius 1 is 1.11 bits per heavy atom. The molecule has 1 atom stereocenters. The van der Waals surface area contributed by atoms with Gasteiger partial charge in [-0.25, -0.2) is 23.1 Å². The number of halogens is 3. The molecule has 1 N–H and O–H groups in total. The average molecular weight is 489 g/mol. The number of hydrogen-bond donors (Lipinski definition) is 1. The molecule has 1 aromatic carbocycles. The van der Waals surface area contributed by atoms with Gasteiger partial charge in [-0.05, 0) is 19.9 Å². The van der Waals surface area contributed by atoms with Gasteiger partial charge >= 0.3 is 0 Å². The topological polar surface area (TPSA) is 83.5 Å². The van der Waals surface area contributed by atoms with Gasteiger partial charge in [0.05, 0.1) is 24.1 Å². The Hall–Kier alpha value is -3.63. The highest BCUT2D eigenvalue weighted by Gasteiger charge is 2.25. The number of pyridine rings is 1. The minimum Gasteiger partial charge on any atom is -0.479 e. The highest BCUT2D eigenvalue weighted by atomic mass is 19.3. The van der Waals surface area contributed by atoms with E-state index in [1.807, 2.05) is 6.07 Å². The van der Waals surface area contributed by atoms with Crippen LogP contribution in [0.1, 0.15) is 43.3 Å². The molecule has 186 valence electrons. The van der Waals surface area contributed by atoms with Crippen molar-refractivity contribution in [3.63, 3.8) is 0 Å². The number of piperazine rings is 1. The number of aryl methyl sites for hydroxylation is 1. The molecule has 1 amide bonds. The predicted octanol–water partition coefficient (Wildman–Crippen LogP) is 4.26. The first-order chi connectivity index (χ1) is 16.7. The molecule has 1 aliphatic heterocycles. The van der Waals surface area contributed by atoms with Crippen LogP contribution in [-0.4, -0.2) is 59.0 Å². The zero-order chi connectivity index (χ0) is 25.3. The fourth-order valence-corrected chi connectivity index (χ4v) is 4.24. The van der Waals surface area contributed by atoms with Crippen molar-refractivity contribution >= 4 is 28.4 Å². The first-order valence-corrected chi connectivity index (χ1v) is 11.3. The molecule has 1 aliphatic rings. The second-order valence-corrected chi connectivity index (χ2v) is 8.42. The van der Waals surface area contributed by atoms with Crippen molar-refractivity contribution in [2.24, 2.45) is 0 Å². The van der Waals surface area contributed by atoms with Crippen molar-refractivity contribution in [3.8, 4) is 5.88 Å². The Balaban J connectivity index is 1.71. The number of benzene rings is 1. The van der Waals surface area contributed by atoms with Crippen molar-refractivity contribution in [1.82, 2.24) is 19.9 Å². The number of nitrogens with one attached hydrogen (secondary N) is 1. The molecule has 11 heteroatoms. The maximum atomic E-state index is 14.7. The maximum absolute atomic E-state index is 14.7. The third-order valence-electron chi connectivity index (χ3n) is 6.12. The Labute approximate surface area is 201 Å². The van der Waals surface area contributed by atoms with E-state index in [9.17, 15) is 18.0 Å². The van der Waals surface area contributed by atoms with Crippen molar-refractivity contribution < 1.29 is 22.7 Å². The zero-order valence-corrected chi connectivity index (χ0v) is 20.0. The third-order valence-corrected chi connectivity index (χ3v) is 6.12. The van der Waals surface area contributed by atoms with E-state index in [-0.39, 0.29) is 11.5 Å². The van der Waals surface area contributed by atoms with Gasteiger partial charge in [0.15, 0.2) is 5.65 Å². The number of carbonyl (C=O) groups excluding carboxylic acids is 1. The molecule has 1 fully saturated rings. The molecule has 2 aromatic heterocycles. The molecule has 1 saturated heterocycles. The van der Waals surface area contributed by atoms with Gasteiger partial charge in [-0.1, -0.05) is 18.2 Å². The molecular weight excluding hydrogens is 461 g/mol. The van der Waals surface area contributed by atoms with E-state index in [1.165, 1.54) is 19.2 Å². The summed E-state index contributed by atoms with van der Waals surface area (Å²) in [6, 6.07) is 5.15. The average Bonchev–Trinajstić information content (AvgIpc) is 2.83. The van der Waals surface area contributed by atoms with Crippen LogP contribution in [0.15, 0.2) is 24.3 Å². The maximum Gasteiger partial charge on any atom is 0.266 e. The van der Waals surface area contributed by atoms with Crippen molar-refractivity contribution in [3.05, 3.63) is 47.0 Å². The van der Waals surface area contributed by atoms with Gasteiger partial charge in [0.2, 0.25) is 11.8 Å². The molecule has 4 rings (SSSR count). The number of alkyl halides is 2. The van der Waals surface area contributed by atoms with Crippen LogP contribution in [0.4, 0.5) is 24.7 Å². The van der Waals surface area contributed by atoms with Gasteiger partial charge in [-0.15, -0.1) is 0 Å². The van der Waals surface area contributed by atoms with E-state index in [1.54, 1.807) is 25.7 Å². The highest BCUT2D eigenvalue weighted by Crippen LogP contribution is 2.35. The number of amides is 1. The van der Waals surface area contributed by atoms with Crippen LogP contribution in [0.25, 0.3) is 11.0 Å². The van der Waals surface area contributed by atoms with Crippen LogP contribution in [0.3, 0.4) is 0 Å². The Morgan fingerprint density at radius 3 is 2.43 bits per heavy atom. The number of aromatic nitrogens is 3. The first kappa shape index (κ1) is 24.5. The molecule has 0 aliphatic carbocycles. The van der Waals surface area contributed by atoms with Crippen LogP contribution < -0.4 is 15.0 Å². The second-order valence-electron chi connectivity index (χ2n) is 8.42. The van der Waals surface area contributed by atoms with E-state index < -0.39 is 23.8 Å². The van der Waals surface area contributed by atoms with Crippen LogP contribution >= 0.6 is 0 Å². The molecule has 3 aromatic rings. The van der Waals surface area contributed by atoms with Crippen LogP contribution in [-0.2, 0) is 4.79 Å². The second kappa shape index (κ2) is 9.93. The fourth-order valence-electron chi connectivity index (χ4n) is 4.24. The normalized spacial score (nSPS) is 15.0. The summed E-state index contributed by atoms with van der Waals surface area (Å²) >= 11 is 0. The number of fused-ring (bicyclic) bond motifs is 1. The van der Waals surface area contributed by atoms with Crippen molar-refractivity contribution in [2.45, 2.75) is 33.2 Å². The summed E-state index contributed by atoms with van der Waals surface area (Å²) in [6.45, 7) is 7.27. The van der Waals surface area contributed by atoms with E-state index in [4.69, 9.17) is 4.74 Å². The third kappa shape index (κ3) is 4.94. The van der Waals surface area contributed by atoms with Gasteiger partial charge in [0.1, 0.15) is 23.1 Å². The number of nitrogens with zero attached hydrogens (tertiary/aromatic N) is 5. The van der Waals surface area contributed by atoms with Gasteiger partial charge in [-0.3, -0.25) is 4.79 Å². The smallest absolute Gasteiger partial charge is 0.266 e. The largest absolute Gasteiger partial charge is 0.479 e. The fraction of sp³-hybridized carbons (Fsp3) is 0.417. The monoisotopic (exact) mass is 488 g/mol. The number of ether oxygens (including phenoxy) is 1. The zero-order valence-electron chi connectivity index (χ0n) is 20.0. The summed E-state index contributed by atoms with van der Waals surface area (Å²) in [6.07, 6.45) is -2.91. The quantitative estimate of drug-likeness (QED) is 0.555. The number of rotatable bonds is 6. The summed E-state index contributed by atoms with van der Waals surface area (Å²) < 4.78 is 46.7. The van der Waals surface area contributed by atoms with Gasteiger partial charge in [0.25, 0.3) is 6.43 Å². The Morgan fingerprint density at radius 2 is 1.80 bits per heavy atom. The molecule has 0 spiro atoms. The minimum atomic E-state index is -2.91. The summed E-state index contributed by atoms with van der Waals surface area (Å²) in [4.78, 5) is 29.0. The van der Waals surface area contributed by atoms with Crippen LogP contribution in [0.5, 0.6) is 5.88 Å². The summed E-state index contributed by atoms with van der Waals surface area (Å²) in [5.74, 6) is 0.315. The molecule has 8 nitrogen and oxygen atoms in total. The molecule has 35 heavy (non-hydrogen) atoms. The van der Waals surface area contributed by atoms with Crippen molar-refractivity contribution in [2.75, 3.05) is 43.5 Å². The van der Waals surface area contributed by atoms with Gasteiger partial charge in [0, 0.05) is 38.7 Å². The minimum absolute atomic E-state index is 0.0285. The lowest BCUT2D eigenvalue weighted by Crippen LogP contribution is -2.48. The Bertz CT molecular complexity index is 1250. The lowest BCUT2D eigenvalue weighted by atomic mass is 10.0. The van der Waals surface area contributed by atoms with E-state index in [0.29, 0.717) is 54.7 Å². The number of anilines is 2. The molecule has 0 unspecified atom stereocenters. The summed E-state index contributed by atoms with van der Waals surface area (Å²) in [5.41, 5.74) is 0.571. The Kier molecular flexibility index (Phi) is 6.95. The molecular formula is C24H27F3N6O2. The SMILES string of the molecule is COc1nc2nc(C)nc(N[C@H](C)c3cccc(C(F)F)c3F)c2cc1N1CCN(C(C)=O)CC1. The van der Waals surface area contributed by atoms with E-state index in [2.05, 4.69) is 25.2 Å². The highest BCUT2D eigenvalue weighted by molar-refractivity contribution is 5.90. The predicted molar refractivity (Wildman–Crippen MR) is 126 cm³/mol. The number of methoxy groups -OCH3 is 1. The summed E-state index contributed by atoms with van der Waals surface area (Å²) in [7, 11) is 1.53. The van der Waals surface area contributed by atoms with Gasteiger partial charge in [-0.2, -0.15) is 4.98 Å². The molecule has 0 radical (unpaired) electrons. The van der Waals surface area contributed by atoms with Gasteiger partial charge < -0.3 is 19.9 Å². The molecule has 0 bridgehead atoms. The standard InChI is InChI=1S/C24H27F3N6O2/c1-13(16-6-5-7-17(20(16)25)21(26)27)28-22-18-12-19(33-10-8-32(9-11-33)15(3)34)24(35-4)31-23(18)30-14(2)29-22/h5-7,12-13,21H,8-11H2,1-4H3,(H,28,29,30,31)/t13-/m1/s1. The van der Waals surface area contributed by atoms with E-state index in [0.717, 1.165) is 11.8 Å². The number of carbonyl (C=O) groups is 1. The van der Waals surface area contributed by atoms with Crippen LogP contribution in [0.2, 0.25) is 0 Å². The van der Waals surface area contributed by atoms with Crippen LogP contribution in [0, 0.1) is 12.7 Å². The summed E-state index contributed by atoms with van der Waals surface area (Å²) in [5, 5.41) is 3.73. The van der Waals surface area contributed by atoms with E-state index >= 15 is 0 Å². The number of hydrogen-bond acceptors (Lipinski definition) is 7. The lowest BCUT2D eigenvalue weighted by molar-refractivity contribution is -0.129. The molecule has 0 saturated carbocycles. The lowest BCUT2D eigenvalue weighted by Gasteiger charge is -2.36. The van der Waals surface area contributed by atoms with Crippen molar-refractivity contribution in [1.29, 1.82) is 0 Å².